The molecule has 0 radical (unpaired) electrons. The second kappa shape index (κ2) is 9.05. The van der Waals surface area contributed by atoms with Crippen LogP contribution in [0.25, 0.3) is 10.8 Å². The Morgan fingerprint density at radius 1 is 1.00 bits per heavy atom. The summed E-state index contributed by atoms with van der Waals surface area (Å²) in [6, 6.07) is 12.8. The van der Waals surface area contributed by atoms with E-state index >= 15 is 0 Å². The van der Waals surface area contributed by atoms with Gasteiger partial charge in [0.15, 0.2) is 0 Å². The molecule has 0 bridgehead atoms. The Bertz CT molecular complexity index is 610. The number of aryl methyl sites for hydroxylation is 1. The third kappa shape index (κ3) is 5.04. The molecule has 2 aromatic carbocycles. The number of hydrogen-bond acceptors (Lipinski definition) is 3. The van der Waals surface area contributed by atoms with Crippen molar-refractivity contribution in [2.75, 3.05) is 19.7 Å². The zero-order valence-electron chi connectivity index (χ0n) is 13.0. The minimum Gasteiger partial charge on any atom is -0.494 e. The summed E-state index contributed by atoms with van der Waals surface area (Å²) in [6.07, 6.45) is 5.53. The van der Waals surface area contributed by atoms with Gasteiger partial charge in [0.1, 0.15) is 5.75 Å². The molecule has 0 spiro atoms. The first-order valence-corrected chi connectivity index (χ1v) is 7.89. The van der Waals surface area contributed by atoms with Crippen LogP contribution >= 0.6 is 0 Å². The lowest BCUT2D eigenvalue weighted by Gasteiger charge is -2.08. The molecule has 0 atom stereocenters. The maximum absolute atomic E-state index is 5.68. The van der Waals surface area contributed by atoms with E-state index in [1.165, 1.54) is 22.7 Å². The Balaban J connectivity index is 1.94. The van der Waals surface area contributed by atoms with Gasteiger partial charge in [0.2, 0.25) is 0 Å². The maximum atomic E-state index is 5.68. The first kappa shape index (κ1) is 16.3. The van der Waals surface area contributed by atoms with E-state index in [0.29, 0.717) is 13.2 Å². The van der Waals surface area contributed by atoms with Crippen molar-refractivity contribution in [2.45, 2.75) is 25.7 Å². The smallest absolute Gasteiger partial charge is 0.119 e. The van der Waals surface area contributed by atoms with Crippen LogP contribution in [0.3, 0.4) is 0 Å². The predicted molar refractivity (Wildman–Crippen MR) is 93.6 cm³/mol. The number of ether oxygens (including phenoxy) is 1. The van der Waals surface area contributed by atoms with Crippen molar-refractivity contribution in [1.82, 2.24) is 0 Å². The molecule has 2 aromatic rings. The highest BCUT2D eigenvalue weighted by Gasteiger charge is 2.00. The van der Waals surface area contributed by atoms with Gasteiger partial charge in [-0.25, -0.2) is 0 Å². The van der Waals surface area contributed by atoms with Gasteiger partial charge in [0.05, 0.1) is 12.9 Å². The average Bonchev–Trinajstić information content (AvgIpc) is 2.55. The van der Waals surface area contributed by atoms with Gasteiger partial charge in [-0.2, -0.15) is 0 Å². The Morgan fingerprint density at radius 3 is 2.64 bits per heavy atom. The molecule has 4 heteroatoms. The highest BCUT2D eigenvalue weighted by Crippen LogP contribution is 2.23. The molecule has 0 aliphatic rings. The molecule has 0 saturated carbocycles. The zero-order chi connectivity index (χ0) is 15.6. The Kier molecular flexibility index (Phi) is 6.71. The molecule has 0 unspecified atom stereocenters. The molecule has 0 aromatic heterocycles. The fourth-order valence-electron chi connectivity index (χ4n) is 2.40. The van der Waals surface area contributed by atoms with Gasteiger partial charge in [-0.15, -0.1) is 0 Å². The normalized spacial score (nSPS) is 11.3. The van der Waals surface area contributed by atoms with Gasteiger partial charge < -0.3 is 16.2 Å². The lowest BCUT2D eigenvalue weighted by molar-refractivity contribution is 0.314. The van der Waals surface area contributed by atoms with Gasteiger partial charge in [0, 0.05) is 6.54 Å². The third-order valence-corrected chi connectivity index (χ3v) is 3.60. The molecule has 0 saturated heterocycles. The number of rotatable bonds is 9. The Morgan fingerprint density at radius 2 is 1.82 bits per heavy atom. The molecule has 0 fully saturated rings. The number of hydrogen-bond donors (Lipinski definition) is 2. The molecular weight excluding hydrogens is 274 g/mol. The highest BCUT2D eigenvalue weighted by molar-refractivity contribution is 5.84. The largest absolute Gasteiger partial charge is 0.494 e. The fourth-order valence-corrected chi connectivity index (χ4v) is 2.40. The van der Waals surface area contributed by atoms with E-state index in [-0.39, 0.29) is 0 Å². The summed E-state index contributed by atoms with van der Waals surface area (Å²) < 4.78 is 5.68. The third-order valence-electron chi connectivity index (χ3n) is 3.60. The topological polar surface area (TPSA) is 73.6 Å². The number of nitrogens with zero attached hydrogens (tertiary/aromatic N) is 1. The summed E-state index contributed by atoms with van der Waals surface area (Å²) in [5.74, 6) is 0.911. The minimum absolute atomic E-state index is 0.660. The van der Waals surface area contributed by atoms with E-state index < -0.39 is 0 Å². The van der Waals surface area contributed by atoms with Crippen molar-refractivity contribution >= 4 is 17.1 Å². The Hall–Kier alpha value is -2.07. The monoisotopic (exact) mass is 299 g/mol. The minimum atomic E-state index is 0.660. The van der Waals surface area contributed by atoms with Crippen LogP contribution in [0.15, 0.2) is 41.4 Å². The maximum Gasteiger partial charge on any atom is 0.119 e. The summed E-state index contributed by atoms with van der Waals surface area (Å²) in [6.45, 7) is 2.15. The molecular formula is C18H25N3O. The van der Waals surface area contributed by atoms with Crippen molar-refractivity contribution in [3.8, 4) is 5.75 Å². The van der Waals surface area contributed by atoms with Crippen molar-refractivity contribution in [3.05, 3.63) is 42.0 Å². The highest BCUT2D eigenvalue weighted by atomic mass is 16.5. The SMILES string of the molecule is NC=NCCCCc1ccc2cc(OCCCN)ccc2c1. The first-order chi connectivity index (χ1) is 10.8. The molecule has 4 nitrogen and oxygen atoms in total. The van der Waals surface area contributed by atoms with Crippen LogP contribution in [0, 0.1) is 0 Å². The molecule has 2 rings (SSSR count). The Labute approximate surface area is 132 Å². The zero-order valence-corrected chi connectivity index (χ0v) is 13.0. The van der Waals surface area contributed by atoms with Crippen LogP contribution in [0.2, 0.25) is 0 Å². The summed E-state index contributed by atoms with van der Waals surface area (Å²) >= 11 is 0. The van der Waals surface area contributed by atoms with Crippen LogP contribution in [-0.2, 0) is 6.42 Å². The molecule has 118 valence electrons. The lowest BCUT2D eigenvalue weighted by Crippen LogP contribution is -2.05. The van der Waals surface area contributed by atoms with Gasteiger partial charge in [-0.1, -0.05) is 24.3 Å². The number of benzene rings is 2. The fraction of sp³-hybridized carbons (Fsp3) is 0.389. The second-order valence-electron chi connectivity index (χ2n) is 5.35. The molecule has 0 amide bonds. The number of nitrogens with two attached hydrogens (primary N) is 2. The van der Waals surface area contributed by atoms with Crippen molar-refractivity contribution < 1.29 is 4.74 Å². The van der Waals surface area contributed by atoms with Gasteiger partial charge in [-0.05, 0) is 60.7 Å². The van der Waals surface area contributed by atoms with Crippen LogP contribution < -0.4 is 16.2 Å². The molecule has 0 aliphatic carbocycles. The van der Waals surface area contributed by atoms with E-state index in [1.807, 2.05) is 6.07 Å². The summed E-state index contributed by atoms with van der Waals surface area (Å²) in [4.78, 5) is 4.02. The van der Waals surface area contributed by atoms with Gasteiger partial charge >= 0.3 is 0 Å². The lowest BCUT2D eigenvalue weighted by atomic mass is 10.0. The van der Waals surface area contributed by atoms with E-state index in [0.717, 1.165) is 38.0 Å². The molecule has 22 heavy (non-hydrogen) atoms. The van der Waals surface area contributed by atoms with E-state index in [4.69, 9.17) is 16.2 Å². The second-order valence-corrected chi connectivity index (χ2v) is 5.35. The first-order valence-electron chi connectivity index (χ1n) is 7.89. The van der Waals surface area contributed by atoms with Crippen LogP contribution in [0.5, 0.6) is 5.75 Å². The van der Waals surface area contributed by atoms with E-state index in [9.17, 15) is 0 Å². The summed E-state index contributed by atoms with van der Waals surface area (Å²) in [5, 5.41) is 2.46. The van der Waals surface area contributed by atoms with Gasteiger partial charge in [-0.3, -0.25) is 4.99 Å². The van der Waals surface area contributed by atoms with Crippen LogP contribution in [-0.4, -0.2) is 26.0 Å². The van der Waals surface area contributed by atoms with Crippen LogP contribution in [0.4, 0.5) is 0 Å². The van der Waals surface area contributed by atoms with E-state index in [2.05, 4.69) is 35.3 Å². The molecule has 0 heterocycles. The van der Waals surface area contributed by atoms with Gasteiger partial charge in [0.25, 0.3) is 0 Å². The van der Waals surface area contributed by atoms with Crippen molar-refractivity contribution in [2.24, 2.45) is 16.5 Å². The number of aliphatic imine (C=N–C) groups is 1. The van der Waals surface area contributed by atoms with E-state index in [1.54, 1.807) is 0 Å². The number of fused-ring (bicyclic) bond motifs is 1. The summed E-state index contributed by atoms with van der Waals surface area (Å²) in [7, 11) is 0. The molecule has 4 N–H and O–H groups in total. The number of unbranched alkanes of at least 4 members (excludes halogenated alkanes) is 1. The van der Waals surface area contributed by atoms with Crippen LogP contribution in [0.1, 0.15) is 24.8 Å². The average molecular weight is 299 g/mol. The quantitative estimate of drug-likeness (QED) is 0.425. The molecule has 0 aliphatic heterocycles. The standard InChI is InChI=1S/C18H25N3O/c19-9-3-11-22-18-8-7-16-12-15(5-6-17(16)13-18)4-1-2-10-21-14-20/h5-8,12-14H,1-4,9-11,19H2,(H2,20,21). The summed E-state index contributed by atoms with van der Waals surface area (Å²) in [5.41, 5.74) is 12.1. The predicted octanol–water partition coefficient (Wildman–Crippen LogP) is 2.88. The van der Waals surface area contributed by atoms with Crippen molar-refractivity contribution in [1.29, 1.82) is 0 Å². The van der Waals surface area contributed by atoms with Crippen molar-refractivity contribution in [3.63, 3.8) is 0 Å².